The van der Waals surface area contributed by atoms with Crippen LogP contribution in [-0.4, -0.2) is 86.7 Å². The number of thiazole rings is 1. The summed E-state index contributed by atoms with van der Waals surface area (Å²) in [6.45, 7) is 9.74. The summed E-state index contributed by atoms with van der Waals surface area (Å²) in [4.78, 5) is 26.4. The van der Waals surface area contributed by atoms with Crippen molar-refractivity contribution >= 4 is 47.2 Å². The maximum atomic E-state index is 11.9. The molecule has 0 radical (unpaired) electrons. The molecule has 1 fully saturated rings. The van der Waals surface area contributed by atoms with E-state index in [1.54, 1.807) is 18.4 Å². The first-order valence-electron chi connectivity index (χ1n) is 8.90. The highest BCUT2D eigenvalue weighted by Gasteiger charge is 2.21. The molecule has 10 heteroatoms. The molecule has 0 spiro atoms. The molecule has 27 heavy (non-hydrogen) atoms. The fourth-order valence-electron chi connectivity index (χ4n) is 2.90. The van der Waals surface area contributed by atoms with E-state index in [2.05, 4.69) is 30.4 Å². The Kier molecular flexibility index (Phi) is 11.1. The number of nitrogens with one attached hydrogen (secondary N) is 2. The summed E-state index contributed by atoms with van der Waals surface area (Å²) >= 11 is 1.72. The van der Waals surface area contributed by atoms with E-state index < -0.39 is 0 Å². The maximum Gasteiger partial charge on any atom is 0.234 e. The van der Waals surface area contributed by atoms with E-state index in [1.165, 1.54) is 4.88 Å². The van der Waals surface area contributed by atoms with E-state index in [-0.39, 0.29) is 29.9 Å². The Balaban J connectivity index is 0.00000364. The van der Waals surface area contributed by atoms with Gasteiger partial charge in [0.15, 0.2) is 5.96 Å². The lowest BCUT2D eigenvalue weighted by Crippen LogP contribution is -2.54. The number of piperazine rings is 1. The summed E-state index contributed by atoms with van der Waals surface area (Å²) in [5, 5.41) is 7.39. The molecule has 8 nitrogen and oxygen atoms in total. The van der Waals surface area contributed by atoms with E-state index in [0.717, 1.165) is 49.4 Å². The average molecular weight is 510 g/mol. The number of aryl methyl sites for hydroxylation is 2. The predicted octanol–water partition coefficient (Wildman–Crippen LogP) is 0.834. The molecule has 1 aromatic heterocycles. The monoisotopic (exact) mass is 510 g/mol. The number of halogens is 1. The van der Waals surface area contributed by atoms with E-state index in [1.807, 2.05) is 20.9 Å². The number of aliphatic imine (C=N–C) groups is 1. The van der Waals surface area contributed by atoms with Gasteiger partial charge >= 0.3 is 0 Å². The number of carbonyl (C=O) groups is 1. The molecule has 2 rings (SSSR count). The molecule has 1 amide bonds. The highest BCUT2D eigenvalue weighted by molar-refractivity contribution is 14.0. The molecular formula is C17H31IN6O2S. The minimum Gasteiger partial charge on any atom is -0.383 e. The molecule has 1 saturated heterocycles. The number of hydrogen-bond donors (Lipinski definition) is 2. The number of carbonyl (C=O) groups excluding carboxylic acids is 1. The molecule has 2 heterocycles. The van der Waals surface area contributed by atoms with Gasteiger partial charge < -0.3 is 20.3 Å². The largest absolute Gasteiger partial charge is 0.383 e. The molecular weight excluding hydrogens is 479 g/mol. The van der Waals surface area contributed by atoms with Crippen LogP contribution in [0.25, 0.3) is 0 Å². The summed E-state index contributed by atoms with van der Waals surface area (Å²) in [5.41, 5.74) is 1.08. The van der Waals surface area contributed by atoms with Crippen molar-refractivity contribution in [3.05, 3.63) is 15.6 Å². The first kappa shape index (κ1) is 24.1. The van der Waals surface area contributed by atoms with Crippen LogP contribution in [0.3, 0.4) is 0 Å². The summed E-state index contributed by atoms with van der Waals surface area (Å²) in [6, 6.07) is 0. The van der Waals surface area contributed by atoms with Crippen molar-refractivity contribution in [2.24, 2.45) is 4.99 Å². The number of rotatable bonds is 7. The third-order valence-electron chi connectivity index (χ3n) is 4.29. The first-order valence-corrected chi connectivity index (χ1v) is 9.71. The smallest absolute Gasteiger partial charge is 0.234 e. The predicted molar refractivity (Wildman–Crippen MR) is 120 cm³/mol. The number of amides is 1. The van der Waals surface area contributed by atoms with Gasteiger partial charge in [-0.15, -0.1) is 35.3 Å². The lowest BCUT2D eigenvalue weighted by atomic mass is 10.3. The number of methoxy groups -OCH3 is 1. The van der Waals surface area contributed by atoms with Crippen LogP contribution in [0, 0.1) is 13.8 Å². The van der Waals surface area contributed by atoms with Crippen LogP contribution in [0.15, 0.2) is 4.99 Å². The number of aromatic nitrogens is 1. The number of guanidine groups is 1. The summed E-state index contributed by atoms with van der Waals surface area (Å²) < 4.78 is 4.94. The van der Waals surface area contributed by atoms with Crippen molar-refractivity contribution in [3.63, 3.8) is 0 Å². The minimum atomic E-state index is 0. The maximum absolute atomic E-state index is 11.9. The van der Waals surface area contributed by atoms with Crippen LogP contribution in [0.2, 0.25) is 0 Å². The van der Waals surface area contributed by atoms with E-state index in [0.29, 0.717) is 19.7 Å². The Morgan fingerprint density at radius 2 is 1.96 bits per heavy atom. The first-order chi connectivity index (χ1) is 12.5. The van der Waals surface area contributed by atoms with E-state index in [9.17, 15) is 4.79 Å². The highest BCUT2D eigenvalue weighted by Crippen LogP contribution is 2.16. The molecule has 0 aromatic carbocycles. The minimum absolute atomic E-state index is 0. The lowest BCUT2D eigenvalue weighted by Gasteiger charge is -2.36. The van der Waals surface area contributed by atoms with Gasteiger partial charge in [-0.2, -0.15) is 0 Å². The quantitative estimate of drug-likeness (QED) is 0.245. The van der Waals surface area contributed by atoms with Crippen LogP contribution in [0.4, 0.5) is 0 Å². The summed E-state index contributed by atoms with van der Waals surface area (Å²) in [5.74, 6) is 0.952. The Bertz CT molecular complexity index is 617. The number of nitrogens with zero attached hydrogens (tertiary/aromatic N) is 4. The van der Waals surface area contributed by atoms with Crippen LogP contribution < -0.4 is 10.6 Å². The van der Waals surface area contributed by atoms with Gasteiger partial charge in [-0.25, -0.2) is 4.98 Å². The fourth-order valence-corrected chi connectivity index (χ4v) is 3.78. The normalized spacial score (nSPS) is 15.4. The van der Waals surface area contributed by atoms with Gasteiger partial charge in [-0.3, -0.25) is 14.7 Å². The molecule has 1 aliphatic heterocycles. The van der Waals surface area contributed by atoms with E-state index >= 15 is 0 Å². The second kappa shape index (κ2) is 12.5. The molecule has 154 valence electrons. The summed E-state index contributed by atoms with van der Waals surface area (Å²) in [6.07, 6.45) is 0. The zero-order valence-corrected chi connectivity index (χ0v) is 19.7. The molecule has 1 aromatic rings. The lowest BCUT2D eigenvalue weighted by molar-refractivity contribution is -0.122. The van der Waals surface area contributed by atoms with Crippen molar-refractivity contribution in [1.82, 2.24) is 25.4 Å². The molecule has 0 saturated carbocycles. The Morgan fingerprint density at radius 3 is 2.52 bits per heavy atom. The molecule has 1 aliphatic rings. The second-order valence-electron chi connectivity index (χ2n) is 6.25. The Morgan fingerprint density at radius 1 is 1.26 bits per heavy atom. The Hall–Kier alpha value is -0.980. The van der Waals surface area contributed by atoms with Crippen molar-refractivity contribution in [2.75, 3.05) is 60.0 Å². The zero-order chi connectivity index (χ0) is 18.9. The van der Waals surface area contributed by atoms with Crippen LogP contribution in [0.5, 0.6) is 0 Å². The van der Waals surface area contributed by atoms with Crippen molar-refractivity contribution in [3.8, 4) is 0 Å². The van der Waals surface area contributed by atoms with Gasteiger partial charge in [-0.05, 0) is 13.8 Å². The van der Waals surface area contributed by atoms with Crippen LogP contribution >= 0.6 is 35.3 Å². The van der Waals surface area contributed by atoms with E-state index in [4.69, 9.17) is 4.74 Å². The average Bonchev–Trinajstić information content (AvgIpc) is 2.94. The molecule has 0 unspecified atom stereocenters. The Labute approximate surface area is 182 Å². The highest BCUT2D eigenvalue weighted by atomic mass is 127. The molecule has 0 atom stereocenters. The van der Waals surface area contributed by atoms with Crippen molar-refractivity contribution in [2.45, 2.75) is 20.4 Å². The fraction of sp³-hybridized carbons (Fsp3) is 0.706. The van der Waals surface area contributed by atoms with Crippen LogP contribution in [-0.2, 0) is 16.1 Å². The third kappa shape index (κ3) is 7.88. The van der Waals surface area contributed by atoms with Gasteiger partial charge in [0.1, 0.15) is 0 Å². The number of ether oxygens (including phenoxy) is 1. The third-order valence-corrected chi connectivity index (χ3v) is 5.36. The van der Waals surface area contributed by atoms with Crippen molar-refractivity contribution in [1.29, 1.82) is 0 Å². The molecule has 0 bridgehead atoms. The van der Waals surface area contributed by atoms with Gasteiger partial charge in [-0.1, -0.05) is 0 Å². The van der Waals surface area contributed by atoms with Gasteiger partial charge in [0.25, 0.3) is 0 Å². The second-order valence-corrected chi connectivity index (χ2v) is 7.54. The van der Waals surface area contributed by atoms with Gasteiger partial charge in [0.05, 0.1) is 30.4 Å². The van der Waals surface area contributed by atoms with Crippen LogP contribution in [0.1, 0.15) is 15.6 Å². The molecule has 0 aliphatic carbocycles. The standard InChI is InChI=1S/C17H30N6O2S.HI/c1-13-15(26-14(2)21-13)11-20-17(18-3)23-8-6-22(7-9-23)12-16(24)19-5-10-25-4;/h5-12H2,1-4H3,(H,18,20)(H,19,24);1H. The summed E-state index contributed by atoms with van der Waals surface area (Å²) in [7, 11) is 3.44. The number of hydrogen-bond acceptors (Lipinski definition) is 6. The SMILES string of the molecule is CN=C(NCc1sc(C)nc1C)N1CCN(CC(=O)NCCOC)CC1.I. The zero-order valence-electron chi connectivity index (χ0n) is 16.6. The van der Waals surface area contributed by atoms with Gasteiger partial charge in [0.2, 0.25) is 5.91 Å². The topological polar surface area (TPSA) is 82.1 Å². The molecule has 2 N–H and O–H groups in total. The van der Waals surface area contributed by atoms with Gasteiger partial charge in [0, 0.05) is 51.8 Å². The van der Waals surface area contributed by atoms with Crippen molar-refractivity contribution < 1.29 is 9.53 Å².